The maximum atomic E-state index is 11.1. The fourth-order valence-corrected chi connectivity index (χ4v) is 1.75. The van der Waals surface area contributed by atoms with Gasteiger partial charge in [0, 0.05) is 11.8 Å². The molecule has 2 rings (SSSR count). The summed E-state index contributed by atoms with van der Waals surface area (Å²) in [5.74, 6) is -0.380. The Morgan fingerprint density at radius 1 is 1.39 bits per heavy atom. The third-order valence-electron chi connectivity index (χ3n) is 2.80. The van der Waals surface area contributed by atoms with Crippen molar-refractivity contribution in [1.82, 2.24) is 15.1 Å². The summed E-state index contributed by atoms with van der Waals surface area (Å²) in [6, 6.07) is 9.56. The number of hydrogen-bond donors (Lipinski definition) is 2. The molecular weight excluding hydrogens is 228 g/mol. The summed E-state index contributed by atoms with van der Waals surface area (Å²) in [7, 11) is 1.71. The molecule has 1 aromatic carbocycles. The van der Waals surface area contributed by atoms with E-state index in [9.17, 15) is 4.79 Å². The lowest BCUT2D eigenvalue weighted by Gasteiger charge is -2.11. The highest BCUT2D eigenvalue weighted by molar-refractivity contribution is 5.79. The van der Waals surface area contributed by atoms with E-state index < -0.39 is 6.04 Å². The Morgan fingerprint density at radius 2 is 2.11 bits per heavy atom. The van der Waals surface area contributed by atoms with Gasteiger partial charge in [-0.3, -0.25) is 9.48 Å². The van der Waals surface area contributed by atoms with Crippen LogP contribution in [0.25, 0.3) is 11.1 Å². The highest BCUT2D eigenvalue weighted by Gasteiger charge is 2.13. The van der Waals surface area contributed by atoms with Gasteiger partial charge in [0.2, 0.25) is 5.91 Å². The van der Waals surface area contributed by atoms with E-state index in [0.29, 0.717) is 6.54 Å². The molecule has 5 heteroatoms. The van der Waals surface area contributed by atoms with E-state index >= 15 is 0 Å². The van der Waals surface area contributed by atoms with Gasteiger partial charge in [0.05, 0.1) is 12.7 Å². The van der Waals surface area contributed by atoms with E-state index in [1.54, 1.807) is 17.9 Å². The molecule has 1 unspecified atom stereocenters. The Bertz CT molecular complexity index is 521. The smallest absolute Gasteiger partial charge is 0.236 e. The van der Waals surface area contributed by atoms with Gasteiger partial charge in [-0.15, -0.1) is 0 Å². The van der Waals surface area contributed by atoms with Gasteiger partial charge in [0.1, 0.15) is 6.04 Å². The SMILES string of the molecule is CNC(Cn1cc(-c2ccccc2)cn1)C(N)=O. The van der Waals surface area contributed by atoms with E-state index in [4.69, 9.17) is 5.73 Å². The van der Waals surface area contributed by atoms with Crippen molar-refractivity contribution in [2.24, 2.45) is 5.73 Å². The van der Waals surface area contributed by atoms with Crippen LogP contribution in [0, 0.1) is 0 Å². The van der Waals surface area contributed by atoms with Crippen LogP contribution < -0.4 is 11.1 Å². The molecule has 0 fully saturated rings. The molecule has 0 saturated carbocycles. The Labute approximate surface area is 106 Å². The lowest BCUT2D eigenvalue weighted by molar-refractivity contribution is -0.120. The average Bonchev–Trinajstić information content (AvgIpc) is 2.85. The standard InChI is InChI=1S/C13H16N4O/c1-15-12(13(14)18)9-17-8-11(7-16-17)10-5-3-2-4-6-10/h2-8,12,15H,9H2,1H3,(H2,14,18). The molecule has 0 aliphatic rings. The van der Waals surface area contributed by atoms with Crippen LogP contribution in [0.4, 0.5) is 0 Å². The van der Waals surface area contributed by atoms with Gasteiger partial charge in [-0.25, -0.2) is 0 Å². The maximum Gasteiger partial charge on any atom is 0.236 e. The van der Waals surface area contributed by atoms with Crippen LogP contribution >= 0.6 is 0 Å². The number of carbonyl (C=O) groups is 1. The maximum absolute atomic E-state index is 11.1. The normalized spacial score (nSPS) is 12.3. The second kappa shape index (κ2) is 5.46. The summed E-state index contributed by atoms with van der Waals surface area (Å²) in [6.45, 7) is 0.429. The van der Waals surface area contributed by atoms with Crippen molar-refractivity contribution in [3.05, 3.63) is 42.7 Å². The second-order valence-electron chi connectivity index (χ2n) is 4.06. The monoisotopic (exact) mass is 244 g/mol. The van der Waals surface area contributed by atoms with Crippen molar-refractivity contribution in [3.8, 4) is 11.1 Å². The van der Waals surface area contributed by atoms with E-state index in [1.165, 1.54) is 0 Å². The van der Waals surface area contributed by atoms with E-state index in [-0.39, 0.29) is 5.91 Å². The molecule has 0 radical (unpaired) electrons. The number of nitrogens with two attached hydrogens (primary N) is 1. The first kappa shape index (κ1) is 12.3. The number of nitrogens with one attached hydrogen (secondary N) is 1. The zero-order valence-electron chi connectivity index (χ0n) is 10.2. The number of amides is 1. The van der Waals surface area contributed by atoms with Gasteiger partial charge in [0.25, 0.3) is 0 Å². The van der Waals surface area contributed by atoms with Gasteiger partial charge < -0.3 is 11.1 Å². The van der Waals surface area contributed by atoms with Crippen molar-refractivity contribution in [3.63, 3.8) is 0 Å². The molecule has 1 aromatic heterocycles. The molecule has 3 N–H and O–H groups in total. The van der Waals surface area contributed by atoms with Crippen LogP contribution in [-0.4, -0.2) is 28.8 Å². The number of carbonyl (C=O) groups excluding carboxylic acids is 1. The molecule has 1 amide bonds. The van der Waals surface area contributed by atoms with Crippen molar-refractivity contribution in [2.75, 3.05) is 7.05 Å². The number of rotatable bonds is 5. The van der Waals surface area contributed by atoms with Crippen LogP contribution in [0.15, 0.2) is 42.7 Å². The number of likely N-dealkylation sites (N-methyl/N-ethyl adjacent to an activating group) is 1. The minimum atomic E-state index is -0.409. The highest BCUT2D eigenvalue weighted by atomic mass is 16.1. The van der Waals surface area contributed by atoms with Crippen molar-refractivity contribution < 1.29 is 4.79 Å². The molecule has 0 aliphatic heterocycles. The first-order valence-corrected chi connectivity index (χ1v) is 5.75. The predicted molar refractivity (Wildman–Crippen MR) is 69.7 cm³/mol. The largest absolute Gasteiger partial charge is 0.368 e. The first-order valence-electron chi connectivity index (χ1n) is 5.75. The molecule has 0 saturated heterocycles. The summed E-state index contributed by atoms with van der Waals surface area (Å²) >= 11 is 0. The number of nitrogens with zero attached hydrogens (tertiary/aromatic N) is 2. The van der Waals surface area contributed by atoms with Crippen molar-refractivity contribution in [2.45, 2.75) is 12.6 Å². The predicted octanol–water partition coefficient (Wildman–Crippen LogP) is 0.623. The molecule has 0 aliphatic carbocycles. The summed E-state index contributed by atoms with van der Waals surface area (Å²) < 4.78 is 1.72. The first-order chi connectivity index (χ1) is 8.70. The van der Waals surface area contributed by atoms with Crippen LogP contribution in [0.2, 0.25) is 0 Å². The van der Waals surface area contributed by atoms with Crippen molar-refractivity contribution in [1.29, 1.82) is 0 Å². The quantitative estimate of drug-likeness (QED) is 0.810. The summed E-state index contributed by atoms with van der Waals surface area (Å²) in [4.78, 5) is 11.1. The summed E-state index contributed by atoms with van der Waals surface area (Å²) in [6.07, 6.45) is 3.69. The molecular formula is C13H16N4O. The Morgan fingerprint density at radius 3 is 2.72 bits per heavy atom. The van der Waals surface area contributed by atoms with Gasteiger partial charge >= 0.3 is 0 Å². The van der Waals surface area contributed by atoms with Crippen LogP contribution in [0.3, 0.4) is 0 Å². The van der Waals surface area contributed by atoms with Gasteiger partial charge in [-0.05, 0) is 12.6 Å². The number of aromatic nitrogens is 2. The molecule has 1 atom stereocenters. The van der Waals surface area contributed by atoms with Crippen molar-refractivity contribution >= 4 is 5.91 Å². The average molecular weight is 244 g/mol. The van der Waals surface area contributed by atoms with Crippen LogP contribution in [0.1, 0.15) is 0 Å². The third-order valence-corrected chi connectivity index (χ3v) is 2.80. The van der Waals surface area contributed by atoms with Gasteiger partial charge in [-0.2, -0.15) is 5.10 Å². The molecule has 0 bridgehead atoms. The Kier molecular flexibility index (Phi) is 3.74. The Balaban J connectivity index is 2.14. The molecule has 0 spiro atoms. The lowest BCUT2D eigenvalue weighted by atomic mass is 10.1. The Hall–Kier alpha value is -2.14. The summed E-state index contributed by atoms with van der Waals surface area (Å²) in [5, 5.41) is 7.10. The fraction of sp³-hybridized carbons (Fsp3) is 0.231. The topological polar surface area (TPSA) is 72.9 Å². The number of benzene rings is 1. The molecule has 2 aromatic rings. The molecule has 94 valence electrons. The van der Waals surface area contributed by atoms with E-state index in [2.05, 4.69) is 10.4 Å². The molecule has 18 heavy (non-hydrogen) atoms. The highest BCUT2D eigenvalue weighted by Crippen LogP contribution is 2.17. The third kappa shape index (κ3) is 2.75. The van der Waals surface area contributed by atoms with Crippen LogP contribution in [-0.2, 0) is 11.3 Å². The van der Waals surface area contributed by atoms with E-state index in [1.807, 2.05) is 36.5 Å². The lowest BCUT2D eigenvalue weighted by Crippen LogP contribution is -2.42. The van der Waals surface area contributed by atoms with E-state index in [0.717, 1.165) is 11.1 Å². The fourth-order valence-electron chi connectivity index (χ4n) is 1.75. The molecule has 5 nitrogen and oxygen atoms in total. The number of primary amides is 1. The van der Waals surface area contributed by atoms with Gasteiger partial charge in [0.15, 0.2) is 0 Å². The zero-order valence-corrected chi connectivity index (χ0v) is 10.2. The van der Waals surface area contributed by atoms with Gasteiger partial charge in [-0.1, -0.05) is 30.3 Å². The second-order valence-corrected chi connectivity index (χ2v) is 4.06. The zero-order chi connectivity index (χ0) is 13.0. The van der Waals surface area contributed by atoms with Crippen LogP contribution in [0.5, 0.6) is 0 Å². The minimum Gasteiger partial charge on any atom is -0.368 e. The summed E-state index contributed by atoms with van der Waals surface area (Å²) in [5.41, 5.74) is 7.39. The minimum absolute atomic E-state index is 0.380. The number of hydrogen-bond acceptors (Lipinski definition) is 3. The molecule has 1 heterocycles.